The van der Waals surface area contributed by atoms with Crippen molar-refractivity contribution in [3.8, 4) is 0 Å². The fourth-order valence-corrected chi connectivity index (χ4v) is 3.57. The summed E-state index contributed by atoms with van der Waals surface area (Å²) in [4.78, 5) is 28.9. The van der Waals surface area contributed by atoms with Crippen molar-refractivity contribution in [2.75, 3.05) is 24.3 Å². The fourth-order valence-electron chi connectivity index (χ4n) is 3.17. The van der Waals surface area contributed by atoms with Gasteiger partial charge in [0.1, 0.15) is 5.58 Å². The van der Waals surface area contributed by atoms with E-state index in [4.69, 9.17) is 14.9 Å². The molecule has 0 radical (unpaired) electrons. The molecule has 0 saturated heterocycles. The van der Waals surface area contributed by atoms with Gasteiger partial charge in [-0.1, -0.05) is 0 Å². The number of hydrogen-bond donors (Lipinski definition) is 3. The zero-order valence-electron chi connectivity index (χ0n) is 18.5. The maximum atomic E-state index is 12.7. The topological polar surface area (TPSA) is 119 Å². The summed E-state index contributed by atoms with van der Waals surface area (Å²) in [7, 11) is 1.53. The largest absolute Gasteiger partial charge is 0.460 e. The van der Waals surface area contributed by atoms with E-state index in [-0.39, 0.29) is 18.1 Å². The Balaban J connectivity index is 1.95. The molecule has 0 bridgehead atoms. The first-order valence-electron chi connectivity index (χ1n) is 10.1. The lowest BCUT2D eigenvalue weighted by Crippen LogP contribution is -2.20. The molecule has 4 N–H and O–H groups in total. The van der Waals surface area contributed by atoms with Crippen LogP contribution in [0.4, 0.5) is 29.3 Å². The molecule has 8 nitrogen and oxygen atoms in total. The van der Waals surface area contributed by atoms with Gasteiger partial charge in [0.15, 0.2) is 0 Å². The normalized spacial score (nSPS) is 12.5. The van der Waals surface area contributed by atoms with Gasteiger partial charge < -0.3 is 25.5 Å². The summed E-state index contributed by atoms with van der Waals surface area (Å²) >= 11 is 3.32. The molecule has 0 aliphatic carbocycles. The van der Waals surface area contributed by atoms with Crippen molar-refractivity contribution in [1.82, 2.24) is 0 Å². The van der Waals surface area contributed by atoms with Crippen molar-refractivity contribution in [3.63, 3.8) is 0 Å². The molecule has 35 heavy (non-hydrogen) atoms. The van der Waals surface area contributed by atoms with Crippen LogP contribution in [-0.4, -0.2) is 31.4 Å². The average Bonchev–Trinajstić information content (AvgIpc) is 3.23. The van der Waals surface area contributed by atoms with E-state index in [1.54, 1.807) is 19.1 Å². The van der Waals surface area contributed by atoms with E-state index in [9.17, 15) is 22.8 Å². The number of nitrogens with zero attached hydrogens (tertiary/aromatic N) is 1. The van der Waals surface area contributed by atoms with E-state index < -0.39 is 23.7 Å². The molecular weight excluding hydrogens is 533 g/mol. The van der Waals surface area contributed by atoms with Crippen LogP contribution in [0, 0.1) is 0 Å². The first kappa shape index (κ1) is 25.8. The Kier molecular flexibility index (Phi) is 7.85. The molecule has 0 unspecified atom stereocenters. The maximum Gasteiger partial charge on any atom is 0.416 e. The molecule has 0 aliphatic heterocycles. The minimum atomic E-state index is -4.48. The lowest BCUT2D eigenvalue weighted by atomic mass is 10.1. The number of allylic oxidation sites excluding steroid dienone is 1. The Hall–Kier alpha value is -3.80. The number of anilines is 2. The zero-order valence-corrected chi connectivity index (χ0v) is 20.1. The number of carbonyl (C=O) groups excluding carboxylic acids is 2. The number of fused-ring (bicyclic) bond motifs is 1. The minimum Gasteiger partial charge on any atom is -0.460 e. The molecule has 1 aromatic heterocycles. The van der Waals surface area contributed by atoms with Gasteiger partial charge in [-0.25, -0.2) is 9.59 Å². The van der Waals surface area contributed by atoms with E-state index in [1.165, 1.54) is 19.3 Å². The smallest absolute Gasteiger partial charge is 0.416 e. The Morgan fingerprint density at radius 3 is 2.37 bits per heavy atom. The van der Waals surface area contributed by atoms with Gasteiger partial charge in [-0.2, -0.15) is 13.2 Å². The van der Waals surface area contributed by atoms with Crippen LogP contribution in [0.3, 0.4) is 0 Å². The Labute approximate surface area is 206 Å². The highest BCUT2D eigenvalue weighted by molar-refractivity contribution is 9.12. The van der Waals surface area contributed by atoms with Gasteiger partial charge in [0.2, 0.25) is 5.76 Å². The number of esters is 1. The number of aliphatic imine (C=N–C) groups is 1. The number of benzene rings is 2. The van der Waals surface area contributed by atoms with E-state index in [0.717, 1.165) is 24.3 Å². The highest BCUT2D eigenvalue weighted by atomic mass is 79.9. The summed E-state index contributed by atoms with van der Waals surface area (Å²) in [6.45, 7) is 1.82. The summed E-state index contributed by atoms with van der Waals surface area (Å²) in [5.41, 5.74) is 6.35. The first-order valence-corrected chi connectivity index (χ1v) is 10.9. The van der Waals surface area contributed by atoms with Crippen LogP contribution >= 0.6 is 15.9 Å². The molecule has 184 valence electrons. The predicted molar refractivity (Wildman–Crippen MR) is 130 cm³/mol. The van der Waals surface area contributed by atoms with E-state index in [1.807, 2.05) is 0 Å². The molecule has 12 heteroatoms. The second kappa shape index (κ2) is 10.6. The van der Waals surface area contributed by atoms with Crippen molar-refractivity contribution in [1.29, 1.82) is 0 Å². The highest BCUT2D eigenvalue weighted by Crippen LogP contribution is 2.32. The number of furan rings is 1. The summed E-state index contributed by atoms with van der Waals surface area (Å²) in [6.07, 6.45) is -3.20. The van der Waals surface area contributed by atoms with Crippen LogP contribution in [0.2, 0.25) is 0 Å². The number of ether oxygens (including phenoxy) is 1. The van der Waals surface area contributed by atoms with Gasteiger partial charge in [-0.05, 0) is 65.3 Å². The molecule has 2 aromatic carbocycles. The number of nitrogens with two attached hydrogens (primary N) is 1. The molecular formula is C23H20BrF3N4O4. The molecule has 0 atom stereocenters. The lowest BCUT2D eigenvalue weighted by molar-refractivity contribution is -0.137. The van der Waals surface area contributed by atoms with Crippen molar-refractivity contribution in [2.24, 2.45) is 10.7 Å². The van der Waals surface area contributed by atoms with Gasteiger partial charge in [0, 0.05) is 35.6 Å². The zero-order chi connectivity index (χ0) is 25.8. The van der Waals surface area contributed by atoms with E-state index in [2.05, 4.69) is 31.6 Å². The van der Waals surface area contributed by atoms with Gasteiger partial charge in [0.25, 0.3) is 0 Å². The third-order valence-electron chi connectivity index (χ3n) is 4.67. The molecule has 3 aromatic rings. The van der Waals surface area contributed by atoms with Crippen LogP contribution in [0.1, 0.15) is 28.6 Å². The van der Waals surface area contributed by atoms with E-state index >= 15 is 0 Å². The minimum absolute atomic E-state index is 0.0437. The number of hydrogen-bond acceptors (Lipinski definition) is 6. The lowest BCUT2D eigenvalue weighted by Gasteiger charge is -2.12. The van der Waals surface area contributed by atoms with Crippen LogP contribution in [0.5, 0.6) is 0 Å². The van der Waals surface area contributed by atoms with Crippen molar-refractivity contribution in [3.05, 3.63) is 70.0 Å². The first-order chi connectivity index (χ1) is 16.6. The third kappa shape index (κ3) is 6.01. The SMILES string of the molecule is CCOC(=O)c1cc2cc(NC(=O)Nc3ccc(C(F)(F)F)cc3)cc(C(=NC)C(Br)=CN)c2o1. The number of halogens is 4. The second-order valence-electron chi connectivity index (χ2n) is 7.01. The number of rotatable bonds is 6. The molecule has 0 spiro atoms. The van der Waals surface area contributed by atoms with Crippen LogP contribution in [-0.2, 0) is 10.9 Å². The van der Waals surface area contributed by atoms with E-state index in [0.29, 0.717) is 32.4 Å². The van der Waals surface area contributed by atoms with Gasteiger partial charge in [-0.3, -0.25) is 4.99 Å². The van der Waals surface area contributed by atoms with Crippen molar-refractivity contribution in [2.45, 2.75) is 13.1 Å². The Morgan fingerprint density at radius 2 is 1.80 bits per heavy atom. The highest BCUT2D eigenvalue weighted by Gasteiger charge is 2.30. The number of amides is 2. The predicted octanol–water partition coefficient (Wildman–Crippen LogP) is 5.89. The molecule has 0 fully saturated rings. The van der Waals surface area contributed by atoms with Gasteiger partial charge in [0.05, 0.1) is 22.4 Å². The molecule has 1 heterocycles. The Bertz CT molecular complexity index is 1310. The molecule has 2 amide bonds. The van der Waals surface area contributed by atoms with Crippen LogP contribution in [0.15, 0.2) is 62.6 Å². The summed E-state index contributed by atoms with van der Waals surface area (Å²) in [6, 6.07) is 7.89. The van der Waals surface area contributed by atoms with Crippen molar-refractivity contribution >= 4 is 56.0 Å². The second-order valence-corrected chi connectivity index (χ2v) is 7.87. The van der Waals surface area contributed by atoms with Crippen LogP contribution in [0.25, 0.3) is 11.0 Å². The number of carbonyl (C=O) groups is 2. The van der Waals surface area contributed by atoms with Gasteiger partial charge >= 0.3 is 18.2 Å². The number of urea groups is 1. The van der Waals surface area contributed by atoms with Crippen molar-refractivity contribution < 1.29 is 31.9 Å². The monoisotopic (exact) mass is 552 g/mol. The standard InChI is InChI=1S/C23H20BrF3N4O4/c1-3-34-21(32)18-9-12-8-15(10-16(20(12)35-18)19(29-2)17(24)11-28)31-22(33)30-14-6-4-13(5-7-14)23(25,26)27/h4-11H,3,28H2,1-2H3,(H2,30,31,33). The third-order valence-corrected chi connectivity index (χ3v) is 5.31. The molecule has 3 rings (SSSR count). The Morgan fingerprint density at radius 1 is 1.14 bits per heavy atom. The number of alkyl halides is 3. The summed E-state index contributed by atoms with van der Waals surface area (Å²) in [5.74, 6) is -0.703. The van der Waals surface area contributed by atoms with Crippen LogP contribution < -0.4 is 16.4 Å². The summed E-state index contributed by atoms with van der Waals surface area (Å²) in [5, 5.41) is 5.55. The maximum absolute atomic E-state index is 12.7. The van der Waals surface area contributed by atoms with Gasteiger partial charge in [-0.15, -0.1) is 0 Å². The fraction of sp³-hybridized carbons (Fsp3) is 0.174. The quantitative estimate of drug-likeness (QED) is 0.260. The molecule has 0 aliphatic rings. The summed E-state index contributed by atoms with van der Waals surface area (Å²) < 4.78 is 49.4. The number of nitrogens with one attached hydrogen (secondary N) is 2. The molecule has 0 saturated carbocycles. The average molecular weight is 553 g/mol.